The number of para-hydroxylation sites is 1. The minimum Gasteiger partial charge on any atom is -0.346 e. The maximum absolute atomic E-state index is 12.9. The largest absolute Gasteiger partial charge is 0.346 e. The van der Waals surface area contributed by atoms with E-state index in [4.69, 9.17) is 0 Å². The van der Waals surface area contributed by atoms with Gasteiger partial charge in [0.2, 0.25) is 0 Å². The Hall–Kier alpha value is -2.63. The number of amides is 4. The molecule has 3 aliphatic rings. The molecule has 0 spiro atoms. The van der Waals surface area contributed by atoms with Gasteiger partial charge in [0, 0.05) is 24.5 Å². The summed E-state index contributed by atoms with van der Waals surface area (Å²) in [5, 5.41) is 2.34. The highest BCUT2D eigenvalue weighted by Gasteiger charge is 2.40. The van der Waals surface area contributed by atoms with Gasteiger partial charge in [-0.2, -0.15) is 0 Å². The van der Waals surface area contributed by atoms with Crippen LogP contribution in [0, 0.1) is 0 Å². The molecule has 4 rings (SSSR count). The number of nitrogens with one attached hydrogen (secondary N) is 1. The van der Waals surface area contributed by atoms with E-state index in [1.807, 2.05) is 23.1 Å². The van der Waals surface area contributed by atoms with Crippen molar-refractivity contribution in [1.82, 2.24) is 10.2 Å². The summed E-state index contributed by atoms with van der Waals surface area (Å²) in [5.41, 5.74) is 2.25. The van der Waals surface area contributed by atoms with Gasteiger partial charge in [0.25, 0.3) is 11.8 Å². The highest BCUT2D eigenvalue weighted by atomic mass is 16.2. The molecule has 1 N–H and O–H groups in total. The third-order valence-corrected chi connectivity index (χ3v) is 5.28. The first-order valence-corrected chi connectivity index (χ1v) is 8.90. The Morgan fingerprint density at radius 2 is 1.80 bits per heavy atom. The lowest BCUT2D eigenvalue weighted by Crippen LogP contribution is -2.58. The van der Waals surface area contributed by atoms with Gasteiger partial charge in [-0.3, -0.25) is 19.8 Å². The number of imide groups is 2. The number of anilines is 1. The number of urea groups is 1. The molecule has 4 amide bonds. The number of nitrogens with zero attached hydrogens (tertiary/aromatic N) is 2. The molecule has 6 heteroatoms. The van der Waals surface area contributed by atoms with Crippen molar-refractivity contribution >= 4 is 23.5 Å². The Balaban J connectivity index is 1.63. The first-order chi connectivity index (χ1) is 12.1. The zero-order valence-electron chi connectivity index (χ0n) is 14.0. The van der Waals surface area contributed by atoms with Gasteiger partial charge in [0.05, 0.1) is 0 Å². The molecule has 25 heavy (non-hydrogen) atoms. The molecular formula is C19H21N3O3. The van der Waals surface area contributed by atoms with Crippen molar-refractivity contribution in [2.24, 2.45) is 0 Å². The van der Waals surface area contributed by atoms with E-state index in [0.29, 0.717) is 0 Å². The van der Waals surface area contributed by atoms with E-state index in [2.05, 4.69) is 11.4 Å². The second-order valence-corrected chi connectivity index (χ2v) is 6.84. The van der Waals surface area contributed by atoms with Crippen LogP contribution >= 0.6 is 0 Å². The minimum absolute atomic E-state index is 0.0434. The van der Waals surface area contributed by atoms with Crippen molar-refractivity contribution in [2.75, 3.05) is 11.4 Å². The molecule has 1 saturated heterocycles. The fraction of sp³-hybridized carbons (Fsp3) is 0.421. The quantitative estimate of drug-likeness (QED) is 0.663. The summed E-state index contributed by atoms with van der Waals surface area (Å²) in [7, 11) is 0. The van der Waals surface area contributed by atoms with Crippen molar-refractivity contribution < 1.29 is 14.4 Å². The highest BCUT2D eigenvalue weighted by molar-refractivity contribution is 6.29. The molecule has 130 valence electrons. The lowest BCUT2D eigenvalue weighted by molar-refractivity contribution is -0.132. The average molecular weight is 339 g/mol. The van der Waals surface area contributed by atoms with Crippen LogP contribution in [0.3, 0.4) is 0 Å². The predicted molar refractivity (Wildman–Crippen MR) is 92.8 cm³/mol. The number of fused-ring (bicyclic) bond motifs is 1. The van der Waals surface area contributed by atoms with Crippen LogP contribution in [-0.4, -0.2) is 35.3 Å². The molecule has 0 aromatic heterocycles. The second kappa shape index (κ2) is 6.35. The van der Waals surface area contributed by atoms with Gasteiger partial charge in [0.15, 0.2) is 0 Å². The Morgan fingerprint density at radius 3 is 2.60 bits per heavy atom. The van der Waals surface area contributed by atoms with Crippen LogP contribution in [0.1, 0.15) is 37.7 Å². The molecule has 6 nitrogen and oxygen atoms in total. The molecule has 0 atom stereocenters. The van der Waals surface area contributed by atoms with E-state index >= 15 is 0 Å². The Labute approximate surface area is 146 Å². The normalized spacial score (nSPS) is 23.2. The van der Waals surface area contributed by atoms with Gasteiger partial charge in [-0.05, 0) is 30.9 Å². The predicted octanol–water partition coefficient (Wildman–Crippen LogP) is 2.34. The fourth-order valence-corrected chi connectivity index (χ4v) is 3.98. The monoisotopic (exact) mass is 339 g/mol. The van der Waals surface area contributed by atoms with Crippen molar-refractivity contribution in [3.63, 3.8) is 0 Å². The van der Waals surface area contributed by atoms with E-state index in [-0.39, 0.29) is 11.6 Å². The lowest BCUT2D eigenvalue weighted by Gasteiger charge is -2.35. The summed E-state index contributed by atoms with van der Waals surface area (Å²) in [6.07, 6.45) is 7.25. The Morgan fingerprint density at radius 1 is 1.04 bits per heavy atom. The zero-order chi connectivity index (χ0) is 17.4. The molecule has 0 unspecified atom stereocenters. The third-order valence-electron chi connectivity index (χ3n) is 5.28. The van der Waals surface area contributed by atoms with Gasteiger partial charge in [-0.25, -0.2) is 4.79 Å². The molecule has 0 bridgehead atoms. The maximum atomic E-state index is 12.9. The number of carbonyl (C=O) groups is 3. The smallest absolute Gasteiger partial charge is 0.331 e. The highest BCUT2D eigenvalue weighted by Crippen LogP contribution is 2.30. The Bertz CT molecular complexity index is 765. The van der Waals surface area contributed by atoms with E-state index < -0.39 is 17.8 Å². The molecule has 2 heterocycles. The summed E-state index contributed by atoms with van der Waals surface area (Å²) in [6.45, 7) is 0.723. The molecule has 2 aliphatic heterocycles. The second-order valence-electron chi connectivity index (χ2n) is 6.84. The van der Waals surface area contributed by atoms with Crippen LogP contribution in [0.4, 0.5) is 10.5 Å². The summed E-state index contributed by atoms with van der Waals surface area (Å²) >= 11 is 0. The summed E-state index contributed by atoms with van der Waals surface area (Å²) in [6, 6.07) is 7.26. The van der Waals surface area contributed by atoms with E-state index in [1.165, 1.54) is 10.5 Å². The van der Waals surface area contributed by atoms with Gasteiger partial charge in [-0.1, -0.05) is 37.5 Å². The van der Waals surface area contributed by atoms with Gasteiger partial charge in [0.1, 0.15) is 5.57 Å². The number of hydrogen-bond donors (Lipinski definition) is 1. The van der Waals surface area contributed by atoms with Gasteiger partial charge >= 0.3 is 6.03 Å². The SMILES string of the molecule is O=C1NC(=O)N(C2CCCCC2)C(=O)/C1=C/N1CCc2ccccc21. The zero-order valence-corrected chi connectivity index (χ0v) is 14.0. The van der Waals surface area contributed by atoms with E-state index in [1.54, 1.807) is 6.20 Å². The van der Waals surface area contributed by atoms with Gasteiger partial charge < -0.3 is 4.90 Å². The molecule has 1 aromatic rings. The topological polar surface area (TPSA) is 69.7 Å². The number of carbonyl (C=O) groups excluding carboxylic acids is 3. The van der Waals surface area contributed by atoms with Crippen LogP contribution in [-0.2, 0) is 16.0 Å². The molecular weight excluding hydrogens is 318 g/mol. The van der Waals surface area contributed by atoms with Crippen molar-refractivity contribution in [2.45, 2.75) is 44.6 Å². The third kappa shape index (κ3) is 2.81. The first kappa shape index (κ1) is 15.9. The van der Waals surface area contributed by atoms with Crippen LogP contribution in [0.2, 0.25) is 0 Å². The fourth-order valence-electron chi connectivity index (χ4n) is 3.98. The molecule has 2 fully saturated rings. The van der Waals surface area contributed by atoms with Crippen molar-refractivity contribution in [3.05, 3.63) is 41.6 Å². The summed E-state index contributed by atoms with van der Waals surface area (Å²) in [5.74, 6) is -1.07. The standard InChI is InChI=1S/C19H21N3O3/c23-17-15(12-21-11-10-13-6-4-5-9-16(13)21)18(24)22(19(25)20-17)14-7-2-1-3-8-14/h4-6,9,12,14H,1-3,7-8,10-11H2,(H,20,23,25)/b15-12+. The number of barbiturate groups is 1. The lowest BCUT2D eigenvalue weighted by atomic mass is 9.93. The average Bonchev–Trinajstić information content (AvgIpc) is 3.02. The summed E-state index contributed by atoms with van der Waals surface area (Å²) in [4.78, 5) is 40.6. The first-order valence-electron chi connectivity index (χ1n) is 8.90. The van der Waals surface area contributed by atoms with E-state index in [0.717, 1.165) is 50.8 Å². The van der Waals surface area contributed by atoms with Crippen molar-refractivity contribution in [3.8, 4) is 0 Å². The van der Waals surface area contributed by atoms with E-state index in [9.17, 15) is 14.4 Å². The van der Waals surface area contributed by atoms with Crippen LogP contribution in [0.25, 0.3) is 0 Å². The number of hydrogen-bond acceptors (Lipinski definition) is 4. The minimum atomic E-state index is -0.605. The van der Waals surface area contributed by atoms with Gasteiger partial charge in [-0.15, -0.1) is 0 Å². The Kier molecular flexibility index (Phi) is 4.03. The van der Waals surface area contributed by atoms with Crippen LogP contribution in [0.15, 0.2) is 36.0 Å². The van der Waals surface area contributed by atoms with Crippen LogP contribution < -0.4 is 10.2 Å². The number of rotatable bonds is 2. The van der Waals surface area contributed by atoms with Crippen LogP contribution in [0.5, 0.6) is 0 Å². The molecule has 1 saturated carbocycles. The summed E-state index contributed by atoms with van der Waals surface area (Å²) < 4.78 is 0. The molecule has 0 radical (unpaired) electrons. The molecule has 1 aliphatic carbocycles. The van der Waals surface area contributed by atoms with Crippen molar-refractivity contribution in [1.29, 1.82) is 0 Å². The molecule has 1 aromatic carbocycles. The maximum Gasteiger partial charge on any atom is 0.331 e. The number of benzene rings is 1.